The van der Waals surface area contributed by atoms with E-state index in [0.29, 0.717) is 17.9 Å². The Morgan fingerprint density at radius 1 is 0.938 bits per heavy atom. The first-order valence-corrected chi connectivity index (χ1v) is 7.12. The average molecular weight is 221 g/mol. The van der Waals surface area contributed by atoms with Crippen molar-refractivity contribution in [1.29, 1.82) is 0 Å². The highest BCUT2D eigenvalue weighted by Gasteiger charge is 2.40. The van der Waals surface area contributed by atoms with Gasteiger partial charge in [-0.05, 0) is 38.1 Å². The van der Waals surface area contributed by atoms with Crippen molar-refractivity contribution in [2.24, 2.45) is 5.92 Å². The molecule has 3 fully saturated rings. The third-order valence-corrected chi connectivity index (χ3v) is 4.94. The van der Waals surface area contributed by atoms with E-state index < -0.39 is 0 Å². The van der Waals surface area contributed by atoms with Gasteiger partial charge in [0.2, 0.25) is 0 Å². The van der Waals surface area contributed by atoms with Crippen molar-refractivity contribution < 1.29 is 4.79 Å². The van der Waals surface area contributed by atoms with E-state index in [-0.39, 0.29) is 0 Å². The molecule has 3 aliphatic rings. The monoisotopic (exact) mass is 221 g/mol. The van der Waals surface area contributed by atoms with E-state index in [1.807, 2.05) is 0 Å². The van der Waals surface area contributed by atoms with Crippen LogP contribution in [0.5, 0.6) is 0 Å². The SMILES string of the molecule is O=C1CC2CCCN2C(C2CCCCC2)C1. The number of Topliss-reactive ketones (excluding diaryl/α,β-unsaturated/α-hetero) is 1. The van der Waals surface area contributed by atoms with Crippen molar-refractivity contribution in [3.05, 3.63) is 0 Å². The summed E-state index contributed by atoms with van der Waals surface area (Å²) in [6.45, 7) is 1.26. The Bertz CT molecular complexity index is 270. The van der Waals surface area contributed by atoms with Gasteiger partial charge in [-0.2, -0.15) is 0 Å². The van der Waals surface area contributed by atoms with Gasteiger partial charge in [0.1, 0.15) is 5.78 Å². The van der Waals surface area contributed by atoms with Crippen LogP contribution in [-0.4, -0.2) is 29.3 Å². The van der Waals surface area contributed by atoms with Gasteiger partial charge in [0, 0.05) is 24.9 Å². The fourth-order valence-corrected chi connectivity index (χ4v) is 4.17. The van der Waals surface area contributed by atoms with Crippen molar-refractivity contribution in [2.75, 3.05) is 6.54 Å². The molecule has 0 aromatic rings. The lowest BCUT2D eigenvalue weighted by Crippen LogP contribution is -2.49. The Morgan fingerprint density at radius 3 is 2.56 bits per heavy atom. The molecule has 0 N–H and O–H groups in total. The van der Waals surface area contributed by atoms with Gasteiger partial charge in [-0.15, -0.1) is 0 Å². The standard InChI is InChI=1S/C14H23NO/c16-13-9-12-7-4-8-15(12)14(10-13)11-5-2-1-3-6-11/h11-12,14H,1-10H2. The van der Waals surface area contributed by atoms with E-state index in [2.05, 4.69) is 4.90 Å². The zero-order valence-electron chi connectivity index (χ0n) is 10.2. The number of carbonyl (C=O) groups is 1. The molecule has 2 saturated heterocycles. The number of rotatable bonds is 1. The van der Waals surface area contributed by atoms with Crippen LogP contribution in [-0.2, 0) is 4.79 Å². The fourth-order valence-electron chi connectivity index (χ4n) is 4.17. The molecule has 1 saturated carbocycles. The van der Waals surface area contributed by atoms with E-state index >= 15 is 0 Å². The highest BCUT2D eigenvalue weighted by atomic mass is 16.1. The summed E-state index contributed by atoms with van der Waals surface area (Å²) < 4.78 is 0. The number of carbonyl (C=O) groups excluding carboxylic acids is 1. The topological polar surface area (TPSA) is 20.3 Å². The van der Waals surface area contributed by atoms with Crippen LogP contribution in [0.25, 0.3) is 0 Å². The molecule has 0 aromatic heterocycles. The van der Waals surface area contributed by atoms with Gasteiger partial charge >= 0.3 is 0 Å². The predicted molar refractivity (Wildman–Crippen MR) is 64.3 cm³/mol. The van der Waals surface area contributed by atoms with Crippen LogP contribution in [0.1, 0.15) is 57.8 Å². The first kappa shape index (κ1) is 10.8. The number of piperidine rings is 1. The van der Waals surface area contributed by atoms with Crippen LogP contribution in [0, 0.1) is 5.92 Å². The summed E-state index contributed by atoms with van der Waals surface area (Å²) in [4.78, 5) is 14.5. The quantitative estimate of drug-likeness (QED) is 0.678. The first-order chi connectivity index (χ1) is 7.84. The minimum atomic E-state index is 0.540. The van der Waals surface area contributed by atoms with Crippen molar-refractivity contribution >= 4 is 5.78 Å². The van der Waals surface area contributed by atoms with Gasteiger partial charge in [-0.25, -0.2) is 0 Å². The number of hydrogen-bond acceptors (Lipinski definition) is 2. The van der Waals surface area contributed by atoms with Gasteiger partial charge in [-0.3, -0.25) is 9.69 Å². The largest absolute Gasteiger partial charge is 0.300 e. The molecule has 2 unspecified atom stereocenters. The molecule has 2 nitrogen and oxygen atoms in total. The molecule has 0 aromatic carbocycles. The molecule has 2 aliphatic heterocycles. The maximum atomic E-state index is 11.8. The summed E-state index contributed by atoms with van der Waals surface area (Å²) in [5, 5.41) is 0. The summed E-state index contributed by atoms with van der Waals surface area (Å²) in [7, 11) is 0. The van der Waals surface area contributed by atoms with Crippen molar-refractivity contribution in [3.63, 3.8) is 0 Å². The molecule has 0 amide bonds. The molecule has 0 bridgehead atoms. The van der Waals surface area contributed by atoms with Crippen LogP contribution in [0.3, 0.4) is 0 Å². The molecule has 2 heterocycles. The van der Waals surface area contributed by atoms with Gasteiger partial charge in [0.25, 0.3) is 0 Å². The van der Waals surface area contributed by atoms with Gasteiger partial charge < -0.3 is 0 Å². The molecular formula is C14H23NO. The summed E-state index contributed by atoms with van der Waals surface area (Å²) in [6, 6.07) is 1.24. The van der Waals surface area contributed by atoms with E-state index in [4.69, 9.17) is 0 Å². The lowest BCUT2D eigenvalue weighted by molar-refractivity contribution is -0.125. The van der Waals surface area contributed by atoms with Crippen LogP contribution < -0.4 is 0 Å². The molecule has 2 atom stereocenters. The Kier molecular flexibility index (Phi) is 3.01. The second-order valence-electron chi connectivity index (χ2n) is 5.95. The second-order valence-corrected chi connectivity index (χ2v) is 5.95. The van der Waals surface area contributed by atoms with E-state index in [1.165, 1.54) is 51.5 Å². The molecular weight excluding hydrogens is 198 g/mol. The van der Waals surface area contributed by atoms with E-state index in [1.54, 1.807) is 0 Å². The molecule has 16 heavy (non-hydrogen) atoms. The Labute approximate surface area is 98.4 Å². The average Bonchev–Trinajstić information content (AvgIpc) is 2.77. The van der Waals surface area contributed by atoms with Crippen LogP contribution in [0.15, 0.2) is 0 Å². The zero-order valence-corrected chi connectivity index (χ0v) is 10.2. The Morgan fingerprint density at radius 2 is 1.75 bits per heavy atom. The Balaban J connectivity index is 1.73. The first-order valence-electron chi connectivity index (χ1n) is 7.12. The fraction of sp³-hybridized carbons (Fsp3) is 0.929. The molecule has 3 rings (SSSR count). The molecule has 90 valence electrons. The zero-order chi connectivity index (χ0) is 11.0. The lowest BCUT2D eigenvalue weighted by Gasteiger charge is -2.42. The lowest BCUT2D eigenvalue weighted by atomic mass is 9.79. The third kappa shape index (κ3) is 1.92. The van der Waals surface area contributed by atoms with Crippen LogP contribution in [0.2, 0.25) is 0 Å². The summed E-state index contributed by atoms with van der Waals surface area (Å²) in [6.07, 6.45) is 11.3. The smallest absolute Gasteiger partial charge is 0.136 e. The predicted octanol–water partition coefficient (Wildman–Crippen LogP) is 2.76. The second kappa shape index (κ2) is 4.48. The van der Waals surface area contributed by atoms with Gasteiger partial charge in [-0.1, -0.05) is 19.3 Å². The highest BCUT2D eigenvalue weighted by Crippen LogP contribution is 2.37. The van der Waals surface area contributed by atoms with Crippen molar-refractivity contribution in [2.45, 2.75) is 69.9 Å². The molecule has 0 spiro atoms. The summed E-state index contributed by atoms with van der Waals surface area (Å²) in [5.74, 6) is 1.37. The number of nitrogens with zero attached hydrogens (tertiary/aromatic N) is 1. The van der Waals surface area contributed by atoms with Crippen LogP contribution >= 0.6 is 0 Å². The number of hydrogen-bond donors (Lipinski definition) is 0. The summed E-state index contributed by atoms with van der Waals surface area (Å²) >= 11 is 0. The number of fused-ring (bicyclic) bond motifs is 1. The molecule has 0 radical (unpaired) electrons. The minimum absolute atomic E-state index is 0.540. The summed E-state index contributed by atoms with van der Waals surface area (Å²) in [5.41, 5.74) is 0. The minimum Gasteiger partial charge on any atom is -0.300 e. The maximum absolute atomic E-state index is 11.8. The van der Waals surface area contributed by atoms with Gasteiger partial charge in [0.05, 0.1) is 0 Å². The highest BCUT2D eigenvalue weighted by molar-refractivity contribution is 5.80. The maximum Gasteiger partial charge on any atom is 0.136 e. The van der Waals surface area contributed by atoms with E-state index in [0.717, 1.165) is 18.8 Å². The van der Waals surface area contributed by atoms with Crippen LogP contribution in [0.4, 0.5) is 0 Å². The normalized spacial score (nSPS) is 37.6. The third-order valence-electron chi connectivity index (χ3n) is 4.94. The Hall–Kier alpha value is -0.370. The molecule has 1 aliphatic carbocycles. The molecule has 2 heteroatoms. The van der Waals surface area contributed by atoms with Crippen molar-refractivity contribution in [3.8, 4) is 0 Å². The van der Waals surface area contributed by atoms with Gasteiger partial charge in [0.15, 0.2) is 0 Å². The van der Waals surface area contributed by atoms with Crippen molar-refractivity contribution in [1.82, 2.24) is 4.90 Å². The number of ketones is 1. The van der Waals surface area contributed by atoms with E-state index in [9.17, 15) is 4.79 Å².